The van der Waals surface area contributed by atoms with Gasteiger partial charge in [-0.25, -0.2) is 9.78 Å². The number of oxime groups is 1. The summed E-state index contributed by atoms with van der Waals surface area (Å²) in [6.45, 7) is 5.35. The minimum absolute atomic E-state index is 0.0650. The van der Waals surface area contributed by atoms with Crippen LogP contribution >= 0.6 is 0 Å². The molecule has 0 amide bonds. The summed E-state index contributed by atoms with van der Waals surface area (Å²) in [6, 6.07) is 11.6. The number of Topliss-reactive ketones (excluding diaryl/α,β-unsaturated/α-hetero) is 1. The number of carbonyl (C=O) groups excluding carboxylic acids is 2. The fraction of sp³-hybridized carbons (Fsp3) is 0.440. The second kappa shape index (κ2) is 8.61. The Morgan fingerprint density at radius 2 is 1.84 bits per heavy atom. The third-order valence-corrected chi connectivity index (χ3v) is 5.80. The van der Waals surface area contributed by atoms with E-state index >= 15 is 0 Å². The van der Waals surface area contributed by atoms with Gasteiger partial charge in [-0.2, -0.15) is 0 Å². The third-order valence-electron chi connectivity index (χ3n) is 5.80. The monoisotopic (exact) mass is 420 g/mol. The van der Waals surface area contributed by atoms with Crippen LogP contribution in [0.3, 0.4) is 0 Å². The lowest BCUT2D eigenvalue weighted by Crippen LogP contribution is -2.30. The van der Waals surface area contributed by atoms with Crippen LogP contribution in [0.2, 0.25) is 0 Å². The summed E-state index contributed by atoms with van der Waals surface area (Å²) in [5, 5.41) is 5.91. The van der Waals surface area contributed by atoms with Gasteiger partial charge in [0, 0.05) is 10.8 Å². The van der Waals surface area contributed by atoms with E-state index in [9.17, 15) is 9.59 Å². The molecule has 1 aromatic heterocycles. The van der Waals surface area contributed by atoms with Crippen LogP contribution in [-0.4, -0.2) is 22.4 Å². The van der Waals surface area contributed by atoms with Crippen molar-refractivity contribution in [3.8, 4) is 0 Å². The van der Waals surface area contributed by atoms with Gasteiger partial charge >= 0.3 is 5.97 Å². The summed E-state index contributed by atoms with van der Waals surface area (Å²) in [7, 11) is 0. The van der Waals surface area contributed by atoms with E-state index < -0.39 is 11.4 Å². The highest BCUT2D eigenvalue weighted by molar-refractivity contribution is 6.46. The Bertz CT molecular complexity index is 1150. The SMILES string of the molecule is CC(C)(C)C(=O)/C(=N\OC(=O)CC1CCCCC1)c1nc2c(ccc3ccccc32)o1. The van der Waals surface area contributed by atoms with Gasteiger partial charge in [-0.05, 0) is 30.2 Å². The molecule has 162 valence electrons. The lowest BCUT2D eigenvalue weighted by molar-refractivity contribution is -0.145. The van der Waals surface area contributed by atoms with Crippen molar-refractivity contribution >= 4 is 39.3 Å². The fourth-order valence-corrected chi connectivity index (χ4v) is 4.06. The molecule has 1 fully saturated rings. The van der Waals surface area contributed by atoms with Crippen LogP contribution in [0, 0.1) is 11.3 Å². The molecule has 1 saturated carbocycles. The zero-order valence-electron chi connectivity index (χ0n) is 18.3. The maximum Gasteiger partial charge on any atom is 0.335 e. The predicted octanol–water partition coefficient (Wildman–Crippen LogP) is 5.81. The molecular formula is C25H28N2O4. The number of nitrogens with zero attached hydrogens (tertiary/aromatic N) is 2. The summed E-state index contributed by atoms with van der Waals surface area (Å²) in [4.78, 5) is 35.2. The molecule has 3 aromatic rings. The number of rotatable bonds is 5. The van der Waals surface area contributed by atoms with Gasteiger partial charge in [0.1, 0.15) is 5.52 Å². The van der Waals surface area contributed by atoms with E-state index in [1.807, 2.05) is 36.4 Å². The van der Waals surface area contributed by atoms with Crippen LogP contribution in [0.4, 0.5) is 0 Å². The minimum atomic E-state index is -0.739. The van der Waals surface area contributed by atoms with E-state index in [0.29, 0.717) is 23.4 Å². The number of benzene rings is 2. The molecule has 4 rings (SSSR count). The van der Waals surface area contributed by atoms with Crippen molar-refractivity contribution in [2.75, 3.05) is 0 Å². The molecule has 0 spiro atoms. The first-order chi connectivity index (χ1) is 14.8. The molecule has 0 saturated heterocycles. The van der Waals surface area contributed by atoms with Crippen molar-refractivity contribution in [1.82, 2.24) is 4.98 Å². The van der Waals surface area contributed by atoms with Crippen LogP contribution in [0.25, 0.3) is 21.9 Å². The van der Waals surface area contributed by atoms with Gasteiger partial charge in [0.05, 0.1) is 6.42 Å². The minimum Gasteiger partial charge on any atom is -0.434 e. The van der Waals surface area contributed by atoms with Crippen molar-refractivity contribution < 1.29 is 18.8 Å². The van der Waals surface area contributed by atoms with Gasteiger partial charge in [-0.15, -0.1) is 0 Å². The topological polar surface area (TPSA) is 81.8 Å². The van der Waals surface area contributed by atoms with Crippen molar-refractivity contribution in [3.05, 3.63) is 42.3 Å². The normalized spacial score (nSPS) is 16.0. The zero-order chi connectivity index (χ0) is 22.0. The van der Waals surface area contributed by atoms with Crippen LogP contribution in [0.15, 0.2) is 46.0 Å². The number of oxazole rings is 1. The molecule has 0 bridgehead atoms. The molecule has 6 heteroatoms. The van der Waals surface area contributed by atoms with Gasteiger partial charge in [0.25, 0.3) is 5.89 Å². The third kappa shape index (κ3) is 4.68. The van der Waals surface area contributed by atoms with Crippen LogP contribution < -0.4 is 0 Å². The second-order valence-electron chi connectivity index (χ2n) is 9.34. The van der Waals surface area contributed by atoms with Crippen molar-refractivity contribution in [3.63, 3.8) is 0 Å². The number of aromatic nitrogens is 1. The van der Waals surface area contributed by atoms with Crippen LogP contribution in [-0.2, 0) is 14.4 Å². The smallest absolute Gasteiger partial charge is 0.335 e. The lowest BCUT2D eigenvalue weighted by atomic mass is 9.87. The van der Waals surface area contributed by atoms with E-state index in [0.717, 1.165) is 36.5 Å². The fourth-order valence-electron chi connectivity index (χ4n) is 4.06. The van der Waals surface area contributed by atoms with Crippen LogP contribution in [0.5, 0.6) is 0 Å². The number of carbonyl (C=O) groups is 2. The molecule has 0 unspecified atom stereocenters. The molecule has 31 heavy (non-hydrogen) atoms. The number of fused-ring (bicyclic) bond motifs is 3. The highest BCUT2D eigenvalue weighted by Gasteiger charge is 2.32. The Labute approximate surface area is 181 Å². The standard InChI is InChI=1S/C25H28N2O4/c1-25(2,3)23(29)22(27-31-20(28)15-16-9-5-4-6-10-16)24-26-21-18-12-8-7-11-17(18)13-14-19(21)30-24/h7-8,11-14,16H,4-6,9-10,15H2,1-3H3/b27-22+. The van der Waals surface area contributed by atoms with Gasteiger partial charge in [-0.1, -0.05) is 75.5 Å². The maximum absolute atomic E-state index is 13.1. The largest absolute Gasteiger partial charge is 0.434 e. The summed E-state index contributed by atoms with van der Waals surface area (Å²) < 4.78 is 5.88. The molecule has 0 N–H and O–H groups in total. The summed E-state index contributed by atoms with van der Waals surface area (Å²) in [6.07, 6.45) is 5.90. The van der Waals surface area contributed by atoms with E-state index in [-0.39, 0.29) is 17.4 Å². The molecular weight excluding hydrogens is 392 g/mol. The Morgan fingerprint density at radius 3 is 2.58 bits per heavy atom. The second-order valence-corrected chi connectivity index (χ2v) is 9.34. The van der Waals surface area contributed by atoms with Gasteiger partial charge in [0.2, 0.25) is 5.71 Å². The highest BCUT2D eigenvalue weighted by Crippen LogP contribution is 2.28. The summed E-state index contributed by atoms with van der Waals surface area (Å²) in [5.41, 5.74) is 0.398. The number of hydrogen-bond acceptors (Lipinski definition) is 6. The predicted molar refractivity (Wildman–Crippen MR) is 120 cm³/mol. The average Bonchev–Trinajstić information content (AvgIpc) is 3.18. The zero-order valence-corrected chi connectivity index (χ0v) is 18.3. The first-order valence-electron chi connectivity index (χ1n) is 10.9. The molecule has 6 nitrogen and oxygen atoms in total. The summed E-state index contributed by atoms with van der Waals surface area (Å²) >= 11 is 0. The Hall–Kier alpha value is -3.02. The molecule has 2 aromatic carbocycles. The van der Waals surface area contributed by atoms with Crippen molar-refractivity contribution in [2.24, 2.45) is 16.5 Å². The first-order valence-corrected chi connectivity index (χ1v) is 10.9. The molecule has 0 aliphatic heterocycles. The molecule has 1 aliphatic carbocycles. The van der Waals surface area contributed by atoms with E-state index in [2.05, 4.69) is 10.1 Å². The number of ketones is 1. The van der Waals surface area contributed by atoms with Crippen molar-refractivity contribution in [1.29, 1.82) is 0 Å². The van der Waals surface area contributed by atoms with Gasteiger partial charge in [-0.3, -0.25) is 4.79 Å². The maximum atomic E-state index is 13.1. The van der Waals surface area contributed by atoms with E-state index in [1.165, 1.54) is 6.42 Å². The quantitative estimate of drug-likeness (QED) is 0.295. The van der Waals surface area contributed by atoms with Crippen LogP contribution in [0.1, 0.15) is 65.2 Å². The first kappa shape index (κ1) is 21.2. The Morgan fingerprint density at radius 1 is 1.10 bits per heavy atom. The number of hydrogen-bond donors (Lipinski definition) is 0. The molecule has 0 radical (unpaired) electrons. The summed E-state index contributed by atoms with van der Waals surface area (Å²) in [5.74, 6) is -0.327. The van der Waals surface area contributed by atoms with Gasteiger partial charge in [0.15, 0.2) is 11.4 Å². The molecule has 0 atom stereocenters. The van der Waals surface area contributed by atoms with Crippen molar-refractivity contribution in [2.45, 2.75) is 59.3 Å². The van der Waals surface area contributed by atoms with Gasteiger partial charge < -0.3 is 9.25 Å². The lowest BCUT2D eigenvalue weighted by Gasteiger charge is -2.19. The Kier molecular flexibility index (Phi) is 5.90. The molecule has 1 heterocycles. The average molecular weight is 421 g/mol. The highest BCUT2D eigenvalue weighted by atomic mass is 16.7. The van der Waals surface area contributed by atoms with E-state index in [1.54, 1.807) is 20.8 Å². The Balaban J connectivity index is 1.66. The van der Waals surface area contributed by atoms with E-state index in [4.69, 9.17) is 9.25 Å². The molecule has 1 aliphatic rings.